The topological polar surface area (TPSA) is 66.9 Å². The van der Waals surface area contributed by atoms with E-state index in [9.17, 15) is 4.79 Å². The quantitative estimate of drug-likeness (QED) is 0.860. The molecule has 0 saturated carbocycles. The van der Waals surface area contributed by atoms with Crippen LogP contribution in [0.3, 0.4) is 0 Å². The lowest BCUT2D eigenvalue weighted by molar-refractivity contribution is 0.102. The van der Waals surface area contributed by atoms with Gasteiger partial charge in [0, 0.05) is 12.1 Å². The summed E-state index contributed by atoms with van der Waals surface area (Å²) in [6.45, 7) is 5.02. The van der Waals surface area contributed by atoms with Gasteiger partial charge >= 0.3 is 0 Å². The Morgan fingerprint density at radius 2 is 1.77 bits per heavy atom. The van der Waals surface area contributed by atoms with Gasteiger partial charge in [0.15, 0.2) is 5.82 Å². The predicted molar refractivity (Wildman–Crippen MR) is 89.8 cm³/mol. The lowest BCUT2D eigenvalue weighted by Crippen LogP contribution is -2.14. The maximum Gasteiger partial charge on any atom is 0.256 e. The van der Waals surface area contributed by atoms with Crippen molar-refractivity contribution >= 4 is 40.7 Å². The molecule has 116 valence electrons. The van der Waals surface area contributed by atoms with Crippen LogP contribution < -0.4 is 10.6 Å². The Hall–Kier alpha value is -1.85. The molecule has 1 amide bonds. The summed E-state index contributed by atoms with van der Waals surface area (Å²) < 4.78 is 0. The van der Waals surface area contributed by atoms with Crippen LogP contribution in [0.25, 0.3) is 0 Å². The van der Waals surface area contributed by atoms with Gasteiger partial charge in [-0.3, -0.25) is 4.79 Å². The van der Waals surface area contributed by atoms with Gasteiger partial charge < -0.3 is 10.6 Å². The molecule has 22 heavy (non-hydrogen) atoms. The van der Waals surface area contributed by atoms with E-state index >= 15 is 0 Å². The highest BCUT2D eigenvalue weighted by atomic mass is 35.5. The smallest absolute Gasteiger partial charge is 0.256 e. The number of rotatable bonds is 5. The van der Waals surface area contributed by atoms with Crippen molar-refractivity contribution in [3.63, 3.8) is 0 Å². The van der Waals surface area contributed by atoms with Gasteiger partial charge in [-0.2, -0.15) is 0 Å². The monoisotopic (exact) mass is 338 g/mol. The molecule has 0 aliphatic carbocycles. The van der Waals surface area contributed by atoms with Crippen LogP contribution in [0, 0.1) is 5.92 Å². The van der Waals surface area contributed by atoms with Crippen LogP contribution in [0.15, 0.2) is 30.3 Å². The van der Waals surface area contributed by atoms with Gasteiger partial charge in [0.2, 0.25) is 0 Å². The zero-order valence-corrected chi connectivity index (χ0v) is 13.7. The number of nitrogens with zero attached hydrogens (tertiary/aromatic N) is 2. The van der Waals surface area contributed by atoms with E-state index in [1.807, 2.05) is 0 Å². The average molecular weight is 339 g/mol. The fourth-order valence-electron chi connectivity index (χ4n) is 1.63. The Morgan fingerprint density at radius 3 is 2.36 bits per heavy atom. The van der Waals surface area contributed by atoms with Crippen LogP contribution in [0.4, 0.5) is 11.6 Å². The molecule has 1 heterocycles. The first kappa shape index (κ1) is 16.5. The molecule has 0 bridgehead atoms. The van der Waals surface area contributed by atoms with Crippen molar-refractivity contribution in [3.8, 4) is 0 Å². The number of aromatic nitrogens is 2. The first-order valence-electron chi connectivity index (χ1n) is 6.79. The minimum absolute atomic E-state index is 0.323. The summed E-state index contributed by atoms with van der Waals surface area (Å²) in [4.78, 5) is 12.1. The standard InChI is InChI=1S/C15H16Cl2N4O/c1-9(2)8-18-13-5-6-14(21-20-13)19-15(22)10-3-4-11(16)12(17)7-10/h3-7,9H,8H2,1-2H3,(H,18,20)(H,19,21,22). The summed E-state index contributed by atoms with van der Waals surface area (Å²) in [6, 6.07) is 8.12. The van der Waals surface area contributed by atoms with Crippen LogP contribution in [0.1, 0.15) is 24.2 Å². The molecule has 5 nitrogen and oxygen atoms in total. The molecular weight excluding hydrogens is 323 g/mol. The zero-order chi connectivity index (χ0) is 16.1. The molecule has 7 heteroatoms. The normalized spacial score (nSPS) is 10.6. The fraction of sp³-hybridized carbons (Fsp3) is 0.267. The van der Waals surface area contributed by atoms with Crippen LogP contribution in [0.5, 0.6) is 0 Å². The number of hydrogen-bond donors (Lipinski definition) is 2. The molecule has 2 aromatic rings. The molecule has 2 N–H and O–H groups in total. The first-order chi connectivity index (χ1) is 10.5. The largest absolute Gasteiger partial charge is 0.368 e. The van der Waals surface area contributed by atoms with E-state index < -0.39 is 0 Å². The van der Waals surface area contributed by atoms with E-state index in [4.69, 9.17) is 23.2 Å². The maximum atomic E-state index is 12.1. The minimum Gasteiger partial charge on any atom is -0.368 e. The first-order valence-corrected chi connectivity index (χ1v) is 7.55. The molecule has 0 fully saturated rings. The van der Waals surface area contributed by atoms with Crippen molar-refractivity contribution in [2.45, 2.75) is 13.8 Å². The zero-order valence-electron chi connectivity index (χ0n) is 12.2. The van der Waals surface area contributed by atoms with Crippen LogP contribution >= 0.6 is 23.2 Å². The van der Waals surface area contributed by atoms with Gasteiger partial charge in [0.1, 0.15) is 5.82 Å². The van der Waals surface area contributed by atoms with E-state index in [0.29, 0.717) is 33.2 Å². The highest BCUT2D eigenvalue weighted by Gasteiger charge is 2.09. The van der Waals surface area contributed by atoms with Crippen molar-refractivity contribution in [2.75, 3.05) is 17.2 Å². The number of carbonyl (C=O) groups is 1. The van der Waals surface area contributed by atoms with Gasteiger partial charge in [0.05, 0.1) is 10.0 Å². The number of benzene rings is 1. The Morgan fingerprint density at radius 1 is 1.09 bits per heavy atom. The predicted octanol–water partition coefficient (Wildman–Crippen LogP) is 4.10. The Bertz CT molecular complexity index is 659. The SMILES string of the molecule is CC(C)CNc1ccc(NC(=O)c2ccc(Cl)c(Cl)c2)nn1. The van der Waals surface area contributed by atoms with Gasteiger partial charge in [-0.1, -0.05) is 37.0 Å². The highest BCUT2D eigenvalue weighted by Crippen LogP contribution is 2.23. The highest BCUT2D eigenvalue weighted by molar-refractivity contribution is 6.42. The number of amides is 1. The molecule has 0 aliphatic rings. The second-order valence-corrected chi connectivity index (χ2v) is 5.98. The maximum absolute atomic E-state index is 12.1. The Labute approximate surface area is 139 Å². The van der Waals surface area contributed by atoms with Crippen molar-refractivity contribution in [1.29, 1.82) is 0 Å². The minimum atomic E-state index is -0.323. The third kappa shape index (κ3) is 4.58. The molecule has 0 aliphatic heterocycles. The van der Waals surface area contributed by atoms with Crippen molar-refractivity contribution in [1.82, 2.24) is 10.2 Å². The number of nitrogens with one attached hydrogen (secondary N) is 2. The van der Waals surface area contributed by atoms with Gasteiger partial charge in [-0.25, -0.2) is 0 Å². The third-order valence-corrected chi connectivity index (χ3v) is 3.52. The van der Waals surface area contributed by atoms with Crippen LogP contribution in [-0.2, 0) is 0 Å². The van der Waals surface area contributed by atoms with E-state index in [2.05, 4.69) is 34.7 Å². The summed E-state index contributed by atoms with van der Waals surface area (Å²) in [6.07, 6.45) is 0. The molecule has 0 saturated heterocycles. The molecule has 0 unspecified atom stereocenters. The summed E-state index contributed by atoms with van der Waals surface area (Å²) in [5.41, 5.74) is 0.401. The second kappa shape index (κ2) is 7.42. The summed E-state index contributed by atoms with van der Waals surface area (Å²) in [5.74, 6) is 1.22. The van der Waals surface area contributed by atoms with Crippen molar-refractivity contribution < 1.29 is 4.79 Å². The van der Waals surface area contributed by atoms with E-state index in [1.165, 1.54) is 6.07 Å². The molecule has 0 radical (unpaired) electrons. The molecule has 1 aromatic heterocycles. The molecule has 1 aromatic carbocycles. The summed E-state index contributed by atoms with van der Waals surface area (Å²) in [7, 11) is 0. The lowest BCUT2D eigenvalue weighted by Gasteiger charge is -2.08. The number of halogens is 2. The molecule has 0 atom stereocenters. The number of anilines is 2. The summed E-state index contributed by atoms with van der Waals surface area (Å²) >= 11 is 11.7. The van der Waals surface area contributed by atoms with Crippen LogP contribution in [0.2, 0.25) is 10.0 Å². The van der Waals surface area contributed by atoms with Gasteiger partial charge in [-0.15, -0.1) is 10.2 Å². The van der Waals surface area contributed by atoms with Gasteiger partial charge in [-0.05, 0) is 36.2 Å². The van der Waals surface area contributed by atoms with Crippen molar-refractivity contribution in [3.05, 3.63) is 45.9 Å². The fourth-order valence-corrected chi connectivity index (χ4v) is 1.93. The molecule has 2 rings (SSSR count). The van der Waals surface area contributed by atoms with E-state index in [-0.39, 0.29) is 5.91 Å². The Balaban J connectivity index is 2.00. The molecular formula is C15H16Cl2N4O. The van der Waals surface area contributed by atoms with Crippen LogP contribution in [-0.4, -0.2) is 22.6 Å². The molecule has 0 spiro atoms. The lowest BCUT2D eigenvalue weighted by atomic mass is 10.2. The average Bonchev–Trinajstić information content (AvgIpc) is 2.49. The number of carbonyl (C=O) groups excluding carboxylic acids is 1. The Kier molecular flexibility index (Phi) is 5.57. The van der Waals surface area contributed by atoms with Crippen molar-refractivity contribution in [2.24, 2.45) is 5.92 Å². The number of hydrogen-bond acceptors (Lipinski definition) is 4. The van der Waals surface area contributed by atoms with Gasteiger partial charge in [0.25, 0.3) is 5.91 Å². The second-order valence-electron chi connectivity index (χ2n) is 5.16. The van der Waals surface area contributed by atoms with E-state index in [0.717, 1.165) is 6.54 Å². The third-order valence-electron chi connectivity index (χ3n) is 2.78. The summed E-state index contributed by atoms with van der Waals surface area (Å²) in [5, 5.41) is 14.5. The van der Waals surface area contributed by atoms with E-state index in [1.54, 1.807) is 24.3 Å².